The van der Waals surface area contributed by atoms with Crippen LogP contribution in [0, 0.1) is 12.7 Å². The summed E-state index contributed by atoms with van der Waals surface area (Å²) in [5, 5.41) is 2.44. The Morgan fingerprint density at radius 2 is 2.11 bits per heavy atom. The van der Waals surface area contributed by atoms with E-state index in [2.05, 4.69) is 5.32 Å². The lowest BCUT2D eigenvalue weighted by atomic mass is 10.2. The van der Waals surface area contributed by atoms with Gasteiger partial charge >= 0.3 is 0 Å². The van der Waals surface area contributed by atoms with Gasteiger partial charge in [0.25, 0.3) is 5.56 Å². The fraction of sp³-hybridized carbons (Fsp3) is 0.143. The Hall–Kier alpha value is -2.43. The summed E-state index contributed by atoms with van der Waals surface area (Å²) < 4.78 is 14.8. The summed E-state index contributed by atoms with van der Waals surface area (Å²) in [5.74, 6) is -0.940. The highest BCUT2D eigenvalue weighted by Crippen LogP contribution is 2.15. The van der Waals surface area contributed by atoms with Crippen molar-refractivity contribution in [2.24, 2.45) is 0 Å². The van der Waals surface area contributed by atoms with E-state index in [0.717, 1.165) is 5.56 Å². The number of amides is 1. The molecule has 1 aromatic carbocycles. The third-order valence-electron chi connectivity index (χ3n) is 2.61. The zero-order valence-electron chi connectivity index (χ0n) is 10.4. The van der Waals surface area contributed by atoms with E-state index in [1.54, 1.807) is 25.1 Å². The molecule has 0 unspecified atom stereocenters. The Kier molecular flexibility index (Phi) is 3.75. The Bertz CT molecular complexity index is 664. The monoisotopic (exact) mass is 260 g/mol. The van der Waals surface area contributed by atoms with E-state index >= 15 is 0 Å². The number of aromatic nitrogens is 1. The molecule has 19 heavy (non-hydrogen) atoms. The summed E-state index contributed by atoms with van der Waals surface area (Å²) >= 11 is 0. The van der Waals surface area contributed by atoms with Crippen LogP contribution in [0.2, 0.25) is 0 Å². The predicted molar refractivity (Wildman–Crippen MR) is 70.5 cm³/mol. The molecule has 0 radical (unpaired) electrons. The number of carbonyl (C=O) groups is 1. The first-order valence-corrected chi connectivity index (χ1v) is 5.78. The van der Waals surface area contributed by atoms with E-state index in [1.807, 2.05) is 0 Å². The van der Waals surface area contributed by atoms with Gasteiger partial charge in [-0.05, 0) is 30.7 Å². The van der Waals surface area contributed by atoms with Gasteiger partial charge in [-0.15, -0.1) is 0 Å². The number of hydrogen-bond acceptors (Lipinski definition) is 2. The van der Waals surface area contributed by atoms with Crippen molar-refractivity contribution >= 4 is 11.6 Å². The van der Waals surface area contributed by atoms with Crippen molar-refractivity contribution in [1.82, 2.24) is 4.57 Å². The van der Waals surface area contributed by atoms with Crippen LogP contribution in [0.3, 0.4) is 0 Å². The minimum atomic E-state index is -0.492. The second-order valence-electron chi connectivity index (χ2n) is 4.20. The molecule has 4 nitrogen and oxygen atoms in total. The van der Waals surface area contributed by atoms with Gasteiger partial charge in [0.05, 0.1) is 5.69 Å². The standard InChI is InChI=1S/C14H13FN2O2/c1-10-5-6-12(11(15)8-10)16-13(18)9-17-7-3-2-4-14(17)19/h2-8H,9H2,1H3,(H,16,18). The van der Waals surface area contributed by atoms with Gasteiger partial charge in [0.15, 0.2) is 0 Å². The average Bonchev–Trinajstić information content (AvgIpc) is 2.36. The molecule has 0 saturated heterocycles. The van der Waals surface area contributed by atoms with Gasteiger partial charge in [-0.3, -0.25) is 9.59 Å². The first kappa shape index (κ1) is 13.0. The molecule has 0 spiro atoms. The summed E-state index contributed by atoms with van der Waals surface area (Å²) in [6.45, 7) is 1.62. The Morgan fingerprint density at radius 1 is 1.32 bits per heavy atom. The Balaban J connectivity index is 2.10. The average molecular weight is 260 g/mol. The largest absolute Gasteiger partial charge is 0.322 e. The molecule has 2 aromatic rings. The third-order valence-corrected chi connectivity index (χ3v) is 2.61. The summed E-state index contributed by atoms with van der Waals surface area (Å²) in [6, 6.07) is 9.14. The molecule has 0 bridgehead atoms. The number of benzene rings is 1. The smallest absolute Gasteiger partial charge is 0.250 e. The fourth-order valence-electron chi connectivity index (χ4n) is 1.66. The predicted octanol–water partition coefficient (Wildman–Crippen LogP) is 1.93. The molecule has 1 N–H and O–H groups in total. The molecule has 0 atom stereocenters. The molecule has 2 rings (SSSR count). The van der Waals surface area contributed by atoms with Crippen LogP contribution in [0.4, 0.5) is 10.1 Å². The number of pyridine rings is 1. The van der Waals surface area contributed by atoms with Crippen LogP contribution in [0.5, 0.6) is 0 Å². The molecule has 1 heterocycles. The van der Waals surface area contributed by atoms with Gasteiger partial charge in [-0.25, -0.2) is 4.39 Å². The van der Waals surface area contributed by atoms with Crippen molar-refractivity contribution in [2.75, 3.05) is 5.32 Å². The lowest BCUT2D eigenvalue weighted by Gasteiger charge is -2.08. The van der Waals surface area contributed by atoms with E-state index in [1.165, 1.54) is 29.0 Å². The maximum Gasteiger partial charge on any atom is 0.250 e. The number of nitrogens with zero attached hydrogens (tertiary/aromatic N) is 1. The van der Waals surface area contributed by atoms with Gasteiger partial charge in [-0.2, -0.15) is 0 Å². The van der Waals surface area contributed by atoms with E-state index in [0.29, 0.717) is 0 Å². The SMILES string of the molecule is Cc1ccc(NC(=O)Cn2ccccc2=O)c(F)c1. The first-order chi connectivity index (χ1) is 9.06. The second-order valence-corrected chi connectivity index (χ2v) is 4.20. The van der Waals surface area contributed by atoms with Crippen molar-refractivity contribution in [3.63, 3.8) is 0 Å². The number of halogens is 1. The summed E-state index contributed by atoms with van der Waals surface area (Å²) in [7, 11) is 0. The number of hydrogen-bond donors (Lipinski definition) is 1. The number of anilines is 1. The molecule has 0 fully saturated rings. The highest BCUT2D eigenvalue weighted by Gasteiger charge is 2.08. The van der Waals surface area contributed by atoms with Crippen molar-refractivity contribution < 1.29 is 9.18 Å². The topological polar surface area (TPSA) is 51.1 Å². The molecular weight excluding hydrogens is 247 g/mol. The van der Waals surface area contributed by atoms with Gasteiger partial charge in [-0.1, -0.05) is 12.1 Å². The van der Waals surface area contributed by atoms with Crippen LogP contribution in [-0.4, -0.2) is 10.5 Å². The summed E-state index contributed by atoms with van der Waals surface area (Å²) in [6.07, 6.45) is 1.51. The van der Waals surface area contributed by atoms with Crippen molar-refractivity contribution in [1.29, 1.82) is 0 Å². The first-order valence-electron chi connectivity index (χ1n) is 5.78. The van der Waals surface area contributed by atoms with E-state index in [-0.39, 0.29) is 17.8 Å². The van der Waals surface area contributed by atoms with E-state index in [4.69, 9.17) is 0 Å². The van der Waals surface area contributed by atoms with Crippen LogP contribution in [0.25, 0.3) is 0 Å². The minimum Gasteiger partial charge on any atom is -0.322 e. The van der Waals surface area contributed by atoms with Crippen LogP contribution in [-0.2, 0) is 11.3 Å². The maximum absolute atomic E-state index is 13.5. The molecule has 1 aromatic heterocycles. The van der Waals surface area contributed by atoms with Crippen molar-refractivity contribution in [2.45, 2.75) is 13.5 Å². The van der Waals surface area contributed by atoms with E-state index < -0.39 is 11.7 Å². The maximum atomic E-state index is 13.5. The summed E-state index contributed by atoms with van der Waals surface area (Å²) in [4.78, 5) is 23.2. The normalized spacial score (nSPS) is 10.2. The minimum absolute atomic E-state index is 0.111. The number of aryl methyl sites for hydroxylation is 1. The molecule has 5 heteroatoms. The number of nitrogens with one attached hydrogen (secondary N) is 1. The Labute approximate surface area is 109 Å². The summed E-state index contributed by atoms with van der Waals surface area (Å²) in [5.41, 5.74) is 0.608. The molecule has 1 amide bonds. The Morgan fingerprint density at radius 3 is 2.79 bits per heavy atom. The van der Waals surface area contributed by atoms with Gasteiger partial charge in [0.1, 0.15) is 12.4 Å². The highest BCUT2D eigenvalue weighted by molar-refractivity contribution is 5.90. The lowest BCUT2D eigenvalue weighted by molar-refractivity contribution is -0.116. The zero-order valence-corrected chi connectivity index (χ0v) is 10.4. The molecular formula is C14H13FN2O2. The molecule has 98 valence electrons. The van der Waals surface area contributed by atoms with Crippen molar-refractivity contribution in [3.05, 3.63) is 64.3 Å². The number of rotatable bonds is 3. The van der Waals surface area contributed by atoms with Crippen LogP contribution < -0.4 is 10.9 Å². The molecule has 0 saturated carbocycles. The second kappa shape index (κ2) is 5.48. The third kappa shape index (κ3) is 3.28. The zero-order chi connectivity index (χ0) is 13.8. The van der Waals surface area contributed by atoms with Crippen LogP contribution in [0.15, 0.2) is 47.4 Å². The van der Waals surface area contributed by atoms with E-state index in [9.17, 15) is 14.0 Å². The molecule has 0 aliphatic carbocycles. The van der Waals surface area contributed by atoms with Crippen LogP contribution in [0.1, 0.15) is 5.56 Å². The van der Waals surface area contributed by atoms with Crippen molar-refractivity contribution in [3.8, 4) is 0 Å². The fourth-order valence-corrected chi connectivity index (χ4v) is 1.66. The molecule has 0 aliphatic heterocycles. The van der Waals surface area contributed by atoms with Crippen LogP contribution >= 0.6 is 0 Å². The van der Waals surface area contributed by atoms with Gasteiger partial charge in [0, 0.05) is 12.3 Å². The lowest BCUT2D eigenvalue weighted by Crippen LogP contribution is -2.26. The van der Waals surface area contributed by atoms with Gasteiger partial charge in [0.2, 0.25) is 5.91 Å². The number of carbonyl (C=O) groups excluding carboxylic acids is 1. The quantitative estimate of drug-likeness (QED) is 0.916. The molecule has 0 aliphatic rings. The van der Waals surface area contributed by atoms with Gasteiger partial charge < -0.3 is 9.88 Å². The highest BCUT2D eigenvalue weighted by atomic mass is 19.1.